The van der Waals surface area contributed by atoms with Gasteiger partial charge in [-0.25, -0.2) is 9.50 Å². The molecular formula is C19H25N5O. The molecule has 1 aromatic carbocycles. The molecule has 6 nitrogen and oxygen atoms in total. The number of rotatable bonds is 4. The standard InChI is InChI=1S/C19H25N5O/c1-6-23(12-17(25)21-19(3,4)5)18-14-9-7-8-10-15(14)24-16(20-18)11-13(2)22-24/h7-11H,6,12H2,1-5H3,(H,21,25). The number of nitrogens with one attached hydrogen (secondary N) is 1. The van der Waals surface area contributed by atoms with Crippen LogP contribution in [-0.4, -0.2) is 39.1 Å². The van der Waals surface area contributed by atoms with E-state index in [-0.39, 0.29) is 18.0 Å². The Bertz CT molecular complexity index is 923. The molecule has 3 rings (SSSR count). The quantitative estimate of drug-likeness (QED) is 0.794. The van der Waals surface area contributed by atoms with Crippen molar-refractivity contribution in [3.63, 3.8) is 0 Å². The Balaban J connectivity index is 2.06. The van der Waals surface area contributed by atoms with Crippen LogP contribution in [0.2, 0.25) is 0 Å². The molecule has 0 fully saturated rings. The lowest BCUT2D eigenvalue weighted by Crippen LogP contribution is -2.46. The van der Waals surface area contributed by atoms with E-state index in [4.69, 9.17) is 4.98 Å². The van der Waals surface area contributed by atoms with Crippen LogP contribution >= 0.6 is 0 Å². The zero-order valence-electron chi connectivity index (χ0n) is 15.5. The van der Waals surface area contributed by atoms with Crippen LogP contribution in [0.15, 0.2) is 30.3 Å². The van der Waals surface area contributed by atoms with Gasteiger partial charge in [-0.3, -0.25) is 4.79 Å². The summed E-state index contributed by atoms with van der Waals surface area (Å²) in [5.41, 5.74) is 2.45. The van der Waals surface area contributed by atoms with E-state index in [0.29, 0.717) is 6.54 Å². The molecule has 0 aliphatic rings. The van der Waals surface area contributed by atoms with Gasteiger partial charge in [0.1, 0.15) is 5.82 Å². The lowest BCUT2D eigenvalue weighted by Gasteiger charge is -2.26. The van der Waals surface area contributed by atoms with Gasteiger partial charge in [0.2, 0.25) is 5.91 Å². The Morgan fingerprint density at radius 2 is 2.00 bits per heavy atom. The van der Waals surface area contributed by atoms with Gasteiger partial charge in [0, 0.05) is 23.5 Å². The number of benzene rings is 1. The van der Waals surface area contributed by atoms with E-state index in [1.165, 1.54) is 0 Å². The molecule has 0 spiro atoms. The van der Waals surface area contributed by atoms with E-state index in [9.17, 15) is 4.79 Å². The fourth-order valence-electron chi connectivity index (χ4n) is 2.97. The Morgan fingerprint density at radius 3 is 2.68 bits per heavy atom. The highest BCUT2D eigenvalue weighted by Gasteiger charge is 2.19. The Hall–Kier alpha value is -2.63. The number of aryl methyl sites for hydroxylation is 1. The van der Waals surface area contributed by atoms with Crippen molar-refractivity contribution < 1.29 is 4.79 Å². The van der Waals surface area contributed by atoms with Crippen molar-refractivity contribution in [3.05, 3.63) is 36.0 Å². The van der Waals surface area contributed by atoms with E-state index in [1.807, 2.05) is 74.4 Å². The first-order valence-electron chi connectivity index (χ1n) is 8.59. The highest BCUT2D eigenvalue weighted by molar-refractivity contribution is 5.93. The van der Waals surface area contributed by atoms with Gasteiger partial charge in [0.05, 0.1) is 17.8 Å². The first-order valence-corrected chi connectivity index (χ1v) is 8.59. The minimum Gasteiger partial charge on any atom is -0.350 e. The van der Waals surface area contributed by atoms with Crippen molar-refractivity contribution in [2.24, 2.45) is 0 Å². The highest BCUT2D eigenvalue weighted by Crippen LogP contribution is 2.26. The maximum absolute atomic E-state index is 12.4. The predicted octanol–water partition coefficient (Wildman–Crippen LogP) is 2.93. The van der Waals surface area contributed by atoms with E-state index >= 15 is 0 Å². The molecule has 1 N–H and O–H groups in total. The summed E-state index contributed by atoms with van der Waals surface area (Å²) in [6.07, 6.45) is 0. The molecule has 0 aliphatic heterocycles. The normalized spacial score (nSPS) is 11.9. The van der Waals surface area contributed by atoms with Crippen LogP contribution in [0.25, 0.3) is 16.6 Å². The summed E-state index contributed by atoms with van der Waals surface area (Å²) in [6, 6.07) is 9.99. The first kappa shape index (κ1) is 17.2. The van der Waals surface area contributed by atoms with Crippen LogP contribution < -0.4 is 10.2 Å². The topological polar surface area (TPSA) is 62.5 Å². The number of fused-ring (bicyclic) bond motifs is 3. The average Bonchev–Trinajstić information content (AvgIpc) is 2.91. The van der Waals surface area contributed by atoms with Gasteiger partial charge < -0.3 is 10.2 Å². The number of anilines is 1. The fourth-order valence-corrected chi connectivity index (χ4v) is 2.97. The maximum Gasteiger partial charge on any atom is 0.239 e. The highest BCUT2D eigenvalue weighted by atomic mass is 16.2. The summed E-state index contributed by atoms with van der Waals surface area (Å²) in [4.78, 5) is 19.2. The summed E-state index contributed by atoms with van der Waals surface area (Å²) < 4.78 is 1.86. The third-order valence-corrected chi connectivity index (χ3v) is 3.94. The van der Waals surface area contributed by atoms with Crippen LogP contribution in [0.1, 0.15) is 33.4 Å². The molecule has 0 saturated carbocycles. The third-order valence-electron chi connectivity index (χ3n) is 3.94. The molecule has 25 heavy (non-hydrogen) atoms. The number of carbonyl (C=O) groups is 1. The number of likely N-dealkylation sites (N-methyl/N-ethyl adjacent to an activating group) is 1. The molecule has 0 radical (unpaired) electrons. The minimum absolute atomic E-state index is 0.00945. The van der Waals surface area contributed by atoms with E-state index in [1.54, 1.807) is 0 Å². The zero-order valence-corrected chi connectivity index (χ0v) is 15.5. The number of carbonyl (C=O) groups excluding carboxylic acids is 1. The van der Waals surface area contributed by atoms with Gasteiger partial charge in [0.25, 0.3) is 0 Å². The van der Waals surface area contributed by atoms with E-state index < -0.39 is 0 Å². The molecule has 0 bridgehead atoms. The number of aromatic nitrogens is 3. The fraction of sp³-hybridized carbons (Fsp3) is 0.421. The molecule has 3 aromatic rings. The second-order valence-electron chi connectivity index (χ2n) is 7.32. The Labute approximate surface area is 147 Å². The summed E-state index contributed by atoms with van der Waals surface area (Å²) in [7, 11) is 0. The van der Waals surface area contributed by atoms with Crippen molar-refractivity contribution in [3.8, 4) is 0 Å². The molecule has 2 heterocycles. The van der Waals surface area contributed by atoms with Crippen LogP contribution in [0, 0.1) is 6.92 Å². The summed E-state index contributed by atoms with van der Waals surface area (Å²) in [6.45, 7) is 10.9. The molecule has 1 amide bonds. The van der Waals surface area contributed by atoms with Crippen molar-refractivity contribution >= 4 is 28.3 Å². The van der Waals surface area contributed by atoms with Crippen LogP contribution in [-0.2, 0) is 4.79 Å². The van der Waals surface area contributed by atoms with Gasteiger partial charge in [-0.05, 0) is 46.8 Å². The molecule has 0 atom stereocenters. The van der Waals surface area contributed by atoms with Gasteiger partial charge in [-0.15, -0.1) is 0 Å². The monoisotopic (exact) mass is 339 g/mol. The second-order valence-corrected chi connectivity index (χ2v) is 7.32. The van der Waals surface area contributed by atoms with Gasteiger partial charge >= 0.3 is 0 Å². The number of amides is 1. The van der Waals surface area contributed by atoms with Crippen molar-refractivity contribution in [1.82, 2.24) is 19.9 Å². The van der Waals surface area contributed by atoms with Gasteiger partial charge in [-0.2, -0.15) is 5.10 Å². The number of hydrogen-bond acceptors (Lipinski definition) is 4. The summed E-state index contributed by atoms with van der Waals surface area (Å²) >= 11 is 0. The zero-order chi connectivity index (χ0) is 18.2. The van der Waals surface area contributed by atoms with Crippen molar-refractivity contribution in [2.75, 3.05) is 18.0 Å². The largest absolute Gasteiger partial charge is 0.350 e. The smallest absolute Gasteiger partial charge is 0.239 e. The van der Waals surface area contributed by atoms with E-state index in [0.717, 1.165) is 28.1 Å². The van der Waals surface area contributed by atoms with Crippen molar-refractivity contribution in [2.45, 2.75) is 40.2 Å². The molecule has 2 aromatic heterocycles. The molecule has 6 heteroatoms. The average molecular weight is 339 g/mol. The lowest BCUT2D eigenvalue weighted by atomic mass is 10.1. The summed E-state index contributed by atoms with van der Waals surface area (Å²) in [5, 5.41) is 8.54. The molecular weight excluding hydrogens is 314 g/mol. The van der Waals surface area contributed by atoms with Crippen molar-refractivity contribution in [1.29, 1.82) is 0 Å². The molecule has 0 aliphatic carbocycles. The van der Waals surface area contributed by atoms with Crippen LogP contribution in [0.3, 0.4) is 0 Å². The van der Waals surface area contributed by atoms with Gasteiger partial charge in [-0.1, -0.05) is 12.1 Å². The SMILES string of the molecule is CCN(CC(=O)NC(C)(C)C)c1nc2cc(C)nn2c2ccccc12. The number of hydrogen-bond donors (Lipinski definition) is 1. The van der Waals surface area contributed by atoms with Crippen LogP contribution in [0.4, 0.5) is 5.82 Å². The Morgan fingerprint density at radius 1 is 1.28 bits per heavy atom. The minimum atomic E-state index is -0.251. The third kappa shape index (κ3) is 3.57. The number of nitrogens with zero attached hydrogens (tertiary/aromatic N) is 4. The number of para-hydroxylation sites is 1. The first-order chi connectivity index (χ1) is 11.8. The Kier molecular flexibility index (Phi) is 4.37. The predicted molar refractivity (Wildman–Crippen MR) is 101 cm³/mol. The molecule has 0 unspecified atom stereocenters. The molecule has 0 saturated heterocycles. The second kappa shape index (κ2) is 6.35. The maximum atomic E-state index is 12.4. The van der Waals surface area contributed by atoms with E-state index in [2.05, 4.69) is 10.4 Å². The lowest BCUT2D eigenvalue weighted by molar-refractivity contribution is -0.121. The summed E-state index contributed by atoms with van der Waals surface area (Å²) in [5.74, 6) is 0.805. The molecule has 132 valence electrons. The van der Waals surface area contributed by atoms with Gasteiger partial charge in [0.15, 0.2) is 5.65 Å². The van der Waals surface area contributed by atoms with Crippen LogP contribution in [0.5, 0.6) is 0 Å².